The molecule has 1 saturated carbocycles. The van der Waals surface area contributed by atoms with Crippen LogP contribution >= 0.6 is 0 Å². The second-order valence-corrected chi connectivity index (χ2v) is 4.79. The van der Waals surface area contributed by atoms with Crippen molar-refractivity contribution in [3.05, 3.63) is 11.6 Å². The van der Waals surface area contributed by atoms with Crippen LogP contribution in [0.15, 0.2) is 11.6 Å². The second kappa shape index (κ2) is 7.09. The molecule has 3 nitrogen and oxygen atoms in total. The highest BCUT2D eigenvalue weighted by molar-refractivity contribution is 5.21. The number of hydrogen-bond donors (Lipinski definition) is 1. The van der Waals surface area contributed by atoms with Crippen LogP contribution in [0.3, 0.4) is 0 Å². The maximum atomic E-state index is 9.32. The highest BCUT2D eigenvalue weighted by Crippen LogP contribution is 2.26. The van der Waals surface area contributed by atoms with E-state index in [4.69, 9.17) is 10.5 Å². The van der Waals surface area contributed by atoms with Crippen LogP contribution < -0.4 is 0 Å². The van der Waals surface area contributed by atoms with Gasteiger partial charge in [0.05, 0.1) is 12.1 Å². The van der Waals surface area contributed by atoms with E-state index in [1.54, 1.807) is 0 Å². The zero-order valence-corrected chi connectivity index (χ0v) is 10.3. The van der Waals surface area contributed by atoms with Crippen LogP contribution in [0, 0.1) is 22.7 Å². The van der Waals surface area contributed by atoms with Crippen LogP contribution in [0.5, 0.6) is 0 Å². The normalized spacial score (nSPS) is 22.2. The average molecular weight is 232 g/mol. The molecule has 2 aliphatic carbocycles. The monoisotopic (exact) mass is 232 g/mol. The molecule has 0 bridgehead atoms. The standard InChI is InChI=1S/C7H11NO.C7H9N/c8-6-7(9)4-2-1-3-5-7;8-6-7-4-2-1-3-5-7/h9H,1-5H2;4H,1-3,5H2. The predicted octanol–water partition coefficient (Wildman–Crippen LogP) is 3.22. The molecule has 1 N–H and O–H groups in total. The summed E-state index contributed by atoms with van der Waals surface area (Å²) < 4.78 is 0. The molecule has 3 heteroatoms. The zero-order chi connectivity index (χ0) is 12.6. The van der Waals surface area contributed by atoms with Crippen LogP contribution in [0.2, 0.25) is 0 Å². The molecule has 0 aromatic carbocycles. The van der Waals surface area contributed by atoms with Gasteiger partial charge in [-0.15, -0.1) is 0 Å². The summed E-state index contributed by atoms with van der Waals surface area (Å²) in [5, 5.41) is 26.1. The Morgan fingerprint density at radius 3 is 2.12 bits per heavy atom. The van der Waals surface area contributed by atoms with E-state index in [0.29, 0.717) is 12.8 Å². The molecule has 2 aliphatic rings. The van der Waals surface area contributed by atoms with Crippen molar-refractivity contribution < 1.29 is 5.11 Å². The van der Waals surface area contributed by atoms with Gasteiger partial charge in [0.2, 0.25) is 0 Å². The second-order valence-electron chi connectivity index (χ2n) is 4.79. The van der Waals surface area contributed by atoms with Crippen LogP contribution in [0.1, 0.15) is 57.8 Å². The lowest BCUT2D eigenvalue weighted by Crippen LogP contribution is -2.28. The number of nitrogens with zero attached hydrogens (tertiary/aromatic N) is 2. The van der Waals surface area contributed by atoms with Crippen molar-refractivity contribution in [3.8, 4) is 12.1 Å². The Kier molecular flexibility index (Phi) is 5.73. The van der Waals surface area contributed by atoms with E-state index in [9.17, 15) is 5.11 Å². The average Bonchev–Trinajstić information content (AvgIpc) is 2.41. The lowest BCUT2D eigenvalue weighted by Gasteiger charge is -2.24. The molecule has 0 radical (unpaired) electrons. The van der Waals surface area contributed by atoms with E-state index in [0.717, 1.165) is 31.3 Å². The van der Waals surface area contributed by atoms with Crippen molar-refractivity contribution in [1.82, 2.24) is 0 Å². The smallest absolute Gasteiger partial charge is 0.151 e. The van der Waals surface area contributed by atoms with Crippen molar-refractivity contribution in [3.63, 3.8) is 0 Å². The number of allylic oxidation sites excluding steroid dienone is 2. The van der Waals surface area contributed by atoms with Gasteiger partial charge in [0.15, 0.2) is 5.60 Å². The van der Waals surface area contributed by atoms with Gasteiger partial charge in [-0.25, -0.2) is 0 Å². The summed E-state index contributed by atoms with van der Waals surface area (Å²) in [5.74, 6) is 0. The lowest BCUT2D eigenvalue weighted by atomic mass is 9.86. The Balaban J connectivity index is 0.000000171. The first-order valence-corrected chi connectivity index (χ1v) is 6.43. The lowest BCUT2D eigenvalue weighted by molar-refractivity contribution is 0.0589. The number of nitriles is 2. The summed E-state index contributed by atoms with van der Waals surface area (Å²) in [6.45, 7) is 0. The van der Waals surface area contributed by atoms with Crippen molar-refractivity contribution >= 4 is 0 Å². The molecule has 0 spiro atoms. The van der Waals surface area contributed by atoms with E-state index in [1.807, 2.05) is 12.1 Å². The van der Waals surface area contributed by atoms with Gasteiger partial charge in [-0.05, 0) is 51.4 Å². The minimum absolute atomic E-state index is 0.670. The Morgan fingerprint density at radius 1 is 1.06 bits per heavy atom. The SMILES string of the molecule is N#CC1(O)CCCCC1.N#CC1=CCCCC1. The third kappa shape index (κ3) is 5.02. The first-order valence-electron chi connectivity index (χ1n) is 6.43. The Morgan fingerprint density at radius 2 is 1.76 bits per heavy atom. The first-order chi connectivity index (χ1) is 8.20. The van der Waals surface area contributed by atoms with Crippen molar-refractivity contribution in [2.45, 2.75) is 63.4 Å². The number of hydrogen-bond acceptors (Lipinski definition) is 3. The van der Waals surface area contributed by atoms with Crippen LogP contribution in [-0.4, -0.2) is 10.7 Å². The van der Waals surface area contributed by atoms with Gasteiger partial charge in [-0.3, -0.25) is 0 Å². The molecule has 2 rings (SSSR count). The van der Waals surface area contributed by atoms with Gasteiger partial charge in [0.1, 0.15) is 0 Å². The summed E-state index contributed by atoms with van der Waals surface area (Å²) in [7, 11) is 0. The molecule has 0 aliphatic heterocycles. The van der Waals surface area contributed by atoms with Gasteiger partial charge >= 0.3 is 0 Å². The fourth-order valence-corrected chi connectivity index (χ4v) is 2.19. The van der Waals surface area contributed by atoms with Gasteiger partial charge in [-0.2, -0.15) is 10.5 Å². The van der Waals surface area contributed by atoms with Gasteiger partial charge in [0.25, 0.3) is 0 Å². The van der Waals surface area contributed by atoms with Gasteiger partial charge in [-0.1, -0.05) is 12.5 Å². The Hall–Kier alpha value is -1.32. The fourth-order valence-electron chi connectivity index (χ4n) is 2.19. The highest BCUT2D eigenvalue weighted by atomic mass is 16.3. The summed E-state index contributed by atoms with van der Waals surface area (Å²) >= 11 is 0. The third-order valence-corrected chi connectivity index (χ3v) is 3.32. The molecule has 0 aromatic heterocycles. The molecular formula is C14H20N2O. The van der Waals surface area contributed by atoms with Crippen LogP contribution in [-0.2, 0) is 0 Å². The van der Waals surface area contributed by atoms with Crippen molar-refractivity contribution in [2.24, 2.45) is 0 Å². The van der Waals surface area contributed by atoms with E-state index in [1.165, 1.54) is 19.3 Å². The molecule has 0 heterocycles. The topological polar surface area (TPSA) is 67.8 Å². The third-order valence-electron chi connectivity index (χ3n) is 3.32. The number of rotatable bonds is 0. The highest BCUT2D eigenvalue weighted by Gasteiger charge is 2.28. The molecule has 0 aromatic rings. The Bertz CT molecular complexity index is 340. The maximum Gasteiger partial charge on any atom is 0.151 e. The quantitative estimate of drug-likeness (QED) is 0.652. The molecule has 1 fully saturated rings. The summed E-state index contributed by atoms with van der Waals surface area (Å²) in [6.07, 6.45) is 11.2. The first kappa shape index (κ1) is 13.7. The molecule has 0 amide bonds. The van der Waals surface area contributed by atoms with Crippen LogP contribution in [0.25, 0.3) is 0 Å². The molecule has 92 valence electrons. The summed E-state index contributed by atoms with van der Waals surface area (Å²) in [6, 6.07) is 4.10. The fraction of sp³-hybridized carbons (Fsp3) is 0.714. The maximum absolute atomic E-state index is 9.32. The van der Waals surface area contributed by atoms with E-state index >= 15 is 0 Å². The van der Waals surface area contributed by atoms with Crippen molar-refractivity contribution in [1.29, 1.82) is 10.5 Å². The molecule has 0 unspecified atom stereocenters. The molecule has 0 saturated heterocycles. The minimum atomic E-state index is -0.974. The summed E-state index contributed by atoms with van der Waals surface area (Å²) in [5.41, 5.74) is 0.00868. The predicted molar refractivity (Wildman–Crippen MR) is 65.8 cm³/mol. The van der Waals surface area contributed by atoms with Crippen molar-refractivity contribution in [2.75, 3.05) is 0 Å². The van der Waals surface area contributed by atoms with Gasteiger partial charge in [0, 0.05) is 5.57 Å². The van der Waals surface area contributed by atoms with E-state index < -0.39 is 5.60 Å². The summed E-state index contributed by atoms with van der Waals surface area (Å²) in [4.78, 5) is 0. The zero-order valence-electron chi connectivity index (χ0n) is 10.3. The van der Waals surface area contributed by atoms with E-state index in [2.05, 4.69) is 6.07 Å². The van der Waals surface area contributed by atoms with Gasteiger partial charge < -0.3 is 5.11 Å². The largest absolute Gasteiger partial charge is 0.375 e. The number of aliphatic hydroxyl groups is 1. The Labute approximate surface area is 103 Å². The van der Waals surface area contributed by atoms with E-state index in [-0.39, 0.29) is 0 Å². The van der Waals surface area contributed by atoms with Crippen LogP contribution in [0.4, 0.5) is 0 Å². The molecule has 17 heavy (non-hydrogen) atoms. The molecule has 0 atom stereocenters. The minimum Gasteiger partial charge on any atom is -0.375 e. The molecular weight excluding hydrogens is 212 g/mol.